The number of likely N-dealkylation sites (tertiary alicyclic amines) is 1. The molecule has 0 saturated carbocycles. The maximum Gasteiger partial charge on any atom is 0.276 e. The second kappa shape index (κ2) is 6.55. The van der Waals surface area contributed by atoms with E-state index in [2.05, 4.69) is 10.3 Å². The molecule has 1 fully saturated rings. The van der Waals surface area contributed by atoms with Crippen LogP contribution in [-0.4, -0.2) is 45.8 Å². The standard InChI is InChI=1S/C19H20N4O2/c1-25-15-10-8-14(9-11-15)16-6-5-7-17-18(20-21-23(16)17)19(24)22-12-3-2-4-13-22/h5-11H,2-4,12-13H2,1H3. The number of aromatic nitrogens is 3. The van der Waals surface area contributed by atoms with Gasteiger partial charge in [0.2, 0.25) is 0 Å². The number of carbonyl (C=O) groups excluding carboxylic acids is 1. The second-order valence-corrected chi connectivity index (χ2v) is 6.23. The maximum absolute atomic E-state index is 12.8. The summed E-state index contributed by atoms with van der Waals surface area (Å²) in [7, 11) is 1.64. The lowest BCUT2D eigenvalue weighted by Crippen LogP contribution is -2.35. The highest BCUT2D eigenvalue weighted by molar-refractivity contribution is 5.99. The topological polar surface area (TPSA) is 59.7 Å². The number of hydrogen-bond donors (Lipinski definition) is 0. The van der Waals surface area contributed by atoms with Crippen LogP contribution in [0.15, 0.2) is 42.5 Å². The molecular weight excluding hydrogens is 316 g/mol. The highest BCUT2D eigenvalue weighted by atomic mass is 16.5. The van der Waals surface area contributed by atoms with Gasteiger partial charge in [-0.15, -0.1) is 5.10 Å². The van der Waals surface area contributed by atoms with Crippen LogP contribution >= 0.6 is 0 Å². The molecule has 1 saturated heterocycles. The van der Waals surface area contributed by atoms with E-state index in [9.17, 15) is 4.79 Å². The van der Waals surface area contributed by atoms with Crippen molar-refractivity contribution in [1.82, 2.24) is 19.7 Å². The number of benzene rings is 1. The van der Waals surface area contributed by atoms with Gasteiger partial charge < -0.3 is 9.64 Å². The van der Waals surface area contributed by atoms with Gasteiger partial charge in [0.15, 0.2) is 5.69 Å². The molecule has 1 amide bonds. The average molecular weight is 336 g/mol. The van der Waals surface area contributed by atoms with Gasteiger partial charge in [-0.2, -0.15) is 0 Å². The summed E-state index contributed by atoms with van der Waals surface area (Å²) >= 11 is 0. The predicted molar refractivity (Wildman–Crippen MR) is 94.7 cm³/mol. The summed E-state index contributed by atoms with van der Waals surface area (Å²) in [4.78, 5) is 14.7. The third-order valence-corrected chi connectivity index (χ3v) is 4.67. The van der Waals surface area contributed by atoms with Crippen molar-refractivity contribution in [3.05, 3.63) is 48.2 Å². The van der Waals surface area contributed by atoms with Crippen molar-refractivity contribution in [2.45, 2.75) is 19.3 Å². The van der Waals surface area contributed by atoms with E-state index in [0.29, 0.717) is 5.69 Å². The number of nitrogens with zero attached hydrogens (tertiary/aromatic N) is 4. The van der Waals surface area contributed by atoms with Gasteiger partial charge in [-0.05, 0) is 55.7 Å². The fourth-order valence-corrected chi connectivity index (χ4v) is 3.30. The number of hydrogen-bond acceptors (Lipinski definition) is 4. The minimum Gasteiger partial charge on any atom is -0.497 e. The van der Waals surface area contributed by atoms with Gasteiger partial charge >= 0.3 is 0 Å². The van der Waals surface area contributed by atoms with Crippen LogP contribution in [0.1, 0.15) is 29.8 Å². The molecule has 0 bridgehead atoms. The number of piperidine rings is 1. The molecule has 4 rings (SSSR count). The van der Waals surface area contributed by atoms with Gasteiger partial charge in [0, 0.05) is 18.7 Å². The molecule has 1 aromatic carbocycles. The monoisotopic (exact) mass is 336 g/mol. The lowest BCUT2D eigenvalue weighted by atomic mass is 10.1. The molecule has 0 aliphatic carbocycles. The largest absolute Gasteiger partial charge is 0.497 e. The molecule has 0 unspecified atom stereocenters. The van der Waals surface area contributed by atoms with Gasteiger partial charge in [0.05, 0.1) is 12.8 Å². The molecule has 2 aromatic heterocycles. The van der Waals surface area contributed by atoms with Crippen molar-refractivity contribution in [1.29, 1.82) is 0 Å². The summed E-state index contributed by atoms with van der Waals surface area (Å²) in [6.07, 6.45) is 3.30. The highest BCUT2D eigenvalue weighted by Crippen LogP contribution is 2.24. The molecule has 128 valence electrons. The minimum atomic E-state index is -0.0263. The van der Waals surface area contributed by atoms with Crippen LogP contribution < -0.4 is 4.74 Å². The van der Waals surface area contributed by atoms with Gasteiger partial charge in [0.1, 0.15) is 11.3 Å². The van der Waals surface area contributed by atoms with E-state index in [4.69, 9.17) is 4.74 Å². The number of fused-ring (bicyclic) bond motifs is 1. The first-order valence-electron chi connectivity index (χ1n) is 8.56. The van der Waals surface area contributed by atoms with E-state index in [-0.39, 0.29) is 5.91 Å². The summed E-state index contributed by atoms with van der Waals surface area (Å²) in [5.41, 5.74) is 3.06. The van der Waals surface area contributed by atoms with Gasteiger partial charge in [-0.1, -0.05) is 11.3 Å². The molecule has 6 heteroatoms. The Bertz CT molecular complexity index is 895. The number of rotatable bonds is 3. The molecule has 3 aromatic rings. The summed E-state index contributed by atoms with van der Waals surface area (Å²) < 4.78 is 6.95. The molecule has 1 aliphatic heterocycles. The SMILES string of the molecule is COc1ccc(-c2cccc3c(C(=O)N4CCCCC4)nnn23)cc1. The van der Waals surface area contributed by atoms with Crippen LogP contribution in [0.2, 0.25) is 0 Å². The van der Waals surface area contributed by atoms with E-state index in [1.807, 2.05) is 47.4 Å². The van der Waals surface area contributed by atoms with Crippen LogP contribution in [0.5, 0.6) is 5.75 Å². The summed E-state index contributed by atoms with van der Waals surface area (Å²) in [6, 6.07) is 13.6. The summed E-state index contributed by atoms with van der Waals surface area (Å²) in [6.45, 7) is 1.60. The number of pyridine rings is 1. The van der Waals surface area contributed by atoms with Crippen molar-refractivity contribution in [2.75, 3.05) is 20.2 Å². The van der Waals surface area contributed by atoms with E-state index < -0.39 is 0 Å². The molecule has 1 aliphatic rings. The Kier molecular flexibility index (Phi) is 4.09. The van der Waals surface area contributed by atoms with E-state index >= 15 is 0 Å². The zero-order valence-electron chi connectivity index (χ0n) is 14.2. The van der Waals surface area contributed by atoms with Crippen molar-refractivity contribution in [3.8, 4) is 17.0 Å². The van der Waals surface area contributed by atoms with Crippen LogP contribution in [-0.2, 0) is 0 Å². The highest BCUT2D eigenvalue weighted by Gasteiger charge is 2.23. The molecular formula is C19H20N4O2. The Balaban J connectivity index is 1.73. The van der Waals surface area contributed by atoms with Crippen LogP contribution in [0.3, 0.4) is 0 Å². The second-order valence-electron chi connectivity index (χ2n) is 6.23. The number of carbonyl (C=O) groups is 1. The molecule has 0 radical (unpaired) electrons. The summed E-state index contributed by atoms with van der Waals surface area (Å²) in [5, 5.41) is 8.43. The number of amides is 1. The van der Waals surface area contributed by atoms with Crippen molar-refractivity contribution >= 4 is 11.4 Å². The zero-order chi connectivity index (χ0) is 17.2. The number of methoxy groups -OCH3 is 1. The van der Waals surface area contributed by atoms with Crippen molar-refractivity contribution in [2.24, 2.45) is 0 Å². The molecule has 0 atom stereocenters. The smallest absolute Gasteiger partial charge is 0.276 e. The zero-order valence-corrected chi connectivity index (χ0v) is 14.2. The van der Waals surface area contributed by atoms with Crippen molar-refractivity contribution in [3.63, 3.8) is 0 Å². The van der Waals surface area contributed by atoms with Crippen LogP contribution in [0, 0.1) is 0 Å². The predicted octanol–water partition coefficient (Wildman–Crippen LogP) is 3.03. The van der Waals surface area contributed by atoms with Crippen LogP contribution in [0.4, 0.5) is 0 Å². The van der Waals surface area contributed by atoms with E-state index in [1.165, 1.54) is 6.42 Å². The Morgan fingerprint density at radius 1 is 1.04 bits per heavy atom. The third-order valence-electron chi connectivity index (χ3n) is 4.67. The molecule has 6 nitrogen and oxygen atoms in total. The molecule has 0 N–H and O–H groups in total. The quantitative estimate of drug-likeness (QED) is 0.738. The minimum absolute atomic E-state index is 0.0263. The van der Waals surface area contributed by atoms with Gasteiger partial charge in [-0.3, -0.25) is 4.79 Å². The van der Waals surface area contributed by atoms with Crippen molar-refractivity contribution < 1.29 is 9.53 Å². The summed E-state index contributed by atoms with van der Waals surface area (Å²) in [5.74, 6) is 0.775. The van der Waals surface area contributed by atoms with Gasteiger partial charge in [0.25, 0.3) is 5.91 Å². The Morgan fingerprint density at radius 2 is 1.80 bits per heavy atom. The molecule has 25 heavy (non-hydrogen) atoms. The Morgan fingerprint density at radius 3 is 2.52 bits per heavy atom. The fourth-order valence-electron chi connectivity index (χ4n) is 3.30. The fraction of sp³-hybridized carbons (Fsp3) is 0.316. The first kappa shape index (κ1) is 15.6. The van der Waals surface area contributed by atoms with Crippen LogP contribution in [0.25, 0.3) is 16.8 Å². The normalized spacial score (nSPS) is 14.7. The lowest BCUT2D eigenvalue weighted by Gasteiger charge is -2.25. The Labute approximate surface area is 146 Å². The third kappa shape index (κ3) is 2.84. The van der Waals surface area contributed by atoms with Gasteiger partial charge in [-0.25, -0.2) is 4.52 Å². The molecule has 3 heterocycles. The first-order valence-corrected chi connectivity index (χ1v) is 8.56. The average Bonchev–Trinajstić information content (AvgIpc) is 3.12. The maximum atomic E-state index is 12.8. The first-order chi connectivity index (χ1) is 12.3. The molecule has 0 spiro atoms. The lowest BCUT2D eigenvalue weighted by molar-refractivity contribution is 0.0720. The van der Waals surface area contributed by atoms with E-state index in [0.717, 1.165) is 48.5 Å². The van der Waals surface area contributed by atoms with E-state index in [1.54, 1.807) is 11.6 Å². The Hall–Kier alpha value is -2.89. The number of ether oxygens (including phenoxy) is 1.